The zero-order valence-corrected chi connectivity index (χ0v) is 18.8. The maximum atomic E-state index is 13.4. The number of amides is 1. The van der Waals surface area contributed by atoms with Crippen LogP contribution in [-0.4, -0.2) is 43.0 Å². The van der Waals surface area contributed by atoms with Gasteiger partial charge in [-0.05, 0) is 50.1 Å². The molecule has 1 N–H and O–H groups in total. The Hall–Kier alpha value is -3.34. The quantitative estimate of drug-likeness (QED) is 0.444. The second kappa shape index (κ2) is 8.54. The number of carbonyl (C=O) groups is 1. The molecular formula is C22H20F3N5O2S. The molecule has 1 unspecified atom stereocenters. The van der Waals surface area contributed by atoms with E-state index in [4.69, 9.17) is 0 Å². The SMILES string of the molecule is Cc1ccc(C)c(-n2c(=O)c3ccccc3n3c(SC(C)C(=O)NCC(F)(F)F)nnc23)c1. The summed E-state index contributed by atoms with van der Waals surface area (Å²) in [7, 11) is 0. The van der Waals surface area contributed by atoms with Crippen LogP contribution in [0.25, 0.3) is 22.4 Å². The van der Waals surface area contributed by atoms with Crippen LogP contribution in [-0.2, 0) is 4.79 Å². The number of carbonyl (C=O) groups excluding carboxylic acids is 1. The molecule has 7 nitrogen and oxygen atoms in total. The van der Waals surface area contributed by atoms with Crippen molar-refractivity contribution in [2.45, 2.75) is 37.4 Å². The molecule has 0 radical (unpaired) electrons. The smallest absolute Gasteiger partial charge is 0.346 e. The predicted octanol–water partition coefficient (Wildman–Crippen LogP) is 3.81. The molecule has 0 saturated heterocycles. The van der Waals surface area contributed by atoms with Crippen LogP contribution in [0.3, 0.4) is 0 Å². The van der Waals surface area contributed by atoms with E-state index in [2.05, 4.69) is 10.2 Å². The largest absolute Gasteiger partial charge is 0.405 e. The summed E-state index contributed by atoms with van der Waals surface area (Å²) in [6.07, 6.45) is -4.50. The lowest BCUT2D eigenvalue weighted by Gasteiger charge is -2.15. The van der Waals surface area contributed by atoms with E-state index in [1.54, 1.807) is 28.7 Å². The molecule has 11 heteroatoms. The zero-order valence-electron chi connectivity index (χ0n) is 18.0. The number of hydrogen-bond acceptors (Lipinski definition) is 5. The Morgan fingerprint density at radius 3 is 2.61 bits per heavy atom. The van der Waals surface area contributed by atoms with Gasteiger partial charge >= 0.3 is 6.18 Å². The molecule has 0 aliphatic heterocycles. The van der Waals surface area contributed by atoms with Gasteiger partial charge in [-0.3, -0.25) is 14.0 Å². The Labute approximate surface area is 190 Å². The summed E-state index contributed by atoms with van der Waals surface area (Å²) in [4.78, 5) is 25.6. The highest BCUT2D eigenvalue weighted by atomic mass is 32.2. The lowest BCUT2D eigenvalue weighted by molar-refractivity contribution is -0.137. The molecule has 1 atom stereocenters. The van der Waals surface area contributed by atoms with Crippen molar-refractivity contribution in [2.75, 3.05) is 6.54 Å². The average Bonchev–Trinajstić information content (AvgIpc) is 3.17. The van der Waals surface area contributed by atoms with Crippen molar-refractivity contribution in [2.24, 2.45) is 0 Å². The fourth-order valence-corrected chi connectivity index (χ4v) is 4.36. The van der Waals surface area contributed by atoms with Crippen LogP contribution in [0.5, 0.6) is 0 Å². The van der Waals surface area contributed by atoms with Crippen molar-refractivity contribution < 1.29 is 18.0 Å². The number of aromatic nitrogens is 4. The number of fused-ring (bicyclic) bond motifs is 3. The summed E-state index contributed by atoms with van der Waals surface area (Å²) >= 11 is 0.965. The van der Waals surface area contributed by atoms with Crippen molar-refractivity contribution in [3.8, 4) is 5.69 Å². The zero-order chi connectivity index (χ0) is 23.9. The van der Waals surface area contributed by atoms with Gasteiger partial charge < -0.3 is 5.32 Å². The van der Waals surface area contributed by atoms with Crippen molar-refractivity contribution in [1.82, 2.24) is 24.5 Å². The number of thioether (sulfide) groups is 1. The third-order valence-electron chi connectivity index (χ3n) is 5.11. The Kier molecular flexibility index (Phi) is 5.91. The van der Waals surface area contributed by atoms with E-state index in [9.17, 15) is 22.8 Å². The molecule has 0 saturated carbocycles. The minimum Gasteiger partial charge on any atom is -0.346 e. The molecule has 4 aromatic rings. The molecule has 2 aromatic carbocycles. The molecule has 172 valence electrons. The molecule has 1 amide bonds. The molecule has 2 aromatic heterocycles. The minimum atomic E-state index is -4.50. The highest BCUT2D eigenvalue weighted by molar-refractivity contribution is 8.00. The number of aryl methyl sites for hydroxylation is 2. The average molecular weight is 475 g/mol. The maximum absolute atomic E-state index is 13.4. The van der Waals surface area contributed by atoms with Crippen LogP contribution in [0.4, 0.5) is 13.2 Å². The Morgan fingerprint density at radius 1 is 1.15 bits per heavy atom. The van der Waals surface area contributed by atoms with Crippen LogP contribution in [0, 0.1) is 13.8 Å². The molecule has 0 aliphatic rings. The van der Waals surface area contributed by atoms with E-state index >= 15 is 0 Å². The first-order valence-corrected chi connectivity index (χ1v) is 10.9. The van der Waals surface area contributed by atoms with Crippen LogP contribution in [0.15, 0.2) is 52.4 Å². The van der Waals surface area contributed by atoms with Gasteiger partial charge in [0.25, 0.3) is 5.56 Å². The van der Waals surface area contributed by atoms with Crippen LogP contribution < -0.4 is 10.9 Å². The highest BCUT2D eigenvalue weighted by Crippen LogP contribution is 2.27. The van der Waals surface area contributed by atoms with Gasteiger partial charge in [-0.15, -0.1) is 10.2 Å². The van der Waals surface area contributed by atoms with Crippen LogP contribution in [0.2, 0.25) is 0 Å². The maximum Gasteiger partial charge on any atom is 0.405 e. The number of rotatable bonds is 5. The van der Waals surface area contributed by atoms with Crippen molar-refractivity contribution in [3.63, 3.8) is 0 Å². The lowest BCUT2D eigenvalue weighted by Crippen LogP contribution is -2.38. The third-order valence-corrected chi connectivity index (χ3v) is 6.16. The van der Waals surface area contributed by atoms with E-state index < -0.39 is 23.9 Å². The molecule has 0 bridgehead atoms. The molecule has 0 spiro atoms. The first-order chi connectivity index (χ1) is 15.6. The first kappa shape index (κ1) is 22.8. The summed E-state index contributed by atoms with van der Waals surface area (Å²) in [6.45, 7) is 3.87. The van der Waals surface area contributed by atoms with Crippen LogP contribution >= 0.6 is 11.8 Å². The number of benzene rings is 2. The van der Waals surface area contributed by atoms with Crippen LogP contribution in [0.1, 0.15) is 18.1 Å². The standard InChI is InChI=1S/C22H20F3N5O2S/c1-12-8-9-13(2)17(10-12)29-19(32)15-6-4-5-7-16(15)30-20(29)27-28-21(30)33-14(3)18(31)26-11-22(23,24)25/h4-10,14H,11H2,1-3H3,(H,26,31). The van der Waals surface area contributed by atoms with E-state index in [0.717, 1.165) is 22.9 Å². The molecule has 33 heavy (non-hydrogen) atoms. The topological polar surface area (TPSA) is 81.3 Å². The van der Waals surface area contributed by atoms with Crippen molar-refractivity contribution in [3.05, 3.63) is 63.9 Å². The van der Waals surface area contributed by atoms with Gasteiger partial charge in [-0.25, -0.2) is 4.57 Å². The fraction of sp³-hybridized carbons (Fsp3) is 0.273. The second-order valence-electron chi connectivity index (χ2n) is 7.66. The van der Waals surface area contributed by atoms with Gasteiger partial charge in [-0.1, -0.05) is 36.0 Å². The molecular weight excluding hydrogens is 455 g/mol. The molecule has 0 aliphatic carbocycles. The van der Waals surface area contributed by atoms with Gasteiger partial charge in [0.1, 0.15) is 6.54 Å². The number of nitrogens with zero attached hydrogens (tertiary/aromatic N) is 4. The Balaban J connectivity index is 1.86. The van der Waals surface area contributed by atoms with Gasteiger partial charge in [0.15, 0.2) is 5.16 Å². The van der Waals surface area contributed by atoms with Crippen molar-refractivity contribution >= 4 is 34.3 Å². The second-order valence-corrected chi connectivity index (χ2v) is 8.97. The molecule has 0 fully saturated rings. The van der Waals surface area contributed by atoms with Gasteiger partial charge in [0.05, 0.1) is 21.8 Å². The summed E-state index contributed by atoms with van der Waals surface area (Å²) in [6, 6.07) is 12.6. The van der Waals surface area contributed by atoms with E-state index in [0.29, 0.717) is 16.6 Å². The van der Waals surface area contributed by atoms with Gasteiger partial charge in [0.2, 0.25) is 11.7 Å². The van der Waals surface area contributed by atoms with E-state index in [-0.39, 0.29) is 16.5 Å². The first-order valence-electron chi connectivity index (χ1n) is 10.0. The fourth-order valence-electron chi connectivity index (χ4n) is 3.48. The number of halogens is 3. The van der Waals surface area contributed by atoms with E-state index in [1.807, 2.05) is 37.4 Å². The highest BCUT2D eigenvalue weighted by Gasteiger charge is 2.29. The molecule has 4 rings (SSSR count). The monoisotopic (exact) mass is 475 g/mol. The lowest BCUT2D eigenvalue weighted by atomic mass is 10.1. The molecule has 2 heterocycles. The minimum absolute atomic E-state index is 0.248. The normalized spacial score (nSPS) is 12.9. The Morgan fingerprint density at radius 2 is 1.88 bits per heavy atom. The summed E-state index contributed by atoms with van der Waals surface area (Å²) in [5, 5.41) is 10.1. The summed E-state index contributed by atoms with van der Waals surface area (Å²) < 4.78 is 40.5. The third kappa shape index (κ3) is 4.45. The number of nitrogens with one attached hydrogen (secondary N) is 1. The summed E-state index contributed by atoms with van der Waals surface area (Å²) in [5.74, 6) is -0.529. The van der Waals surface area contributed by atoms with Gasteiger partial charge in [0, 0.05) is 0 Å². The summed E-state index contributed by atoms with van der Waals surface area (Å²) in [5.41, 5.74) is 2.73. The number of alkyl halides is 3. The Bertz CT molecular complexity index is 1430. The number of hydrogen-bond donors (Lipinski definition) is 1. The van der Waals surface area contributed by atoms with Gasteiger partial charge in [-0.2, -0.15) is 13.2 Å². The predicted molar refractivity (Wildman–Crippen MR) is 120 cm³/mol. The van der Waals surface area contributed by atoms with Crippen molar-refractivity contribution in [1.29, 1.82) is 0 Å². The van der Waals surface area contributed by atoms with E-state index in [1.165, 1.54) is 11.5 Å². The number of para-hydroxylation sites is 1.